The van der Waals surface area contributed by atoms with Crippen molar-refractivity contribution >= 4 is 45.9 Å². The Morgan fingerprint density at radius 1 is 1.38 bits per heavy atom. The maximum atomic E-state index is 4.87. The summed E-state index contributed by atoms with van der Waals surface area (Å²) in [6, 6.07) is 6.36. The molecule has 0 spiro atoms. The van der Waals surface area contributed by atoms with Gasteiger partial charge in [0.05, 0.1) is 6.54 Å². The molecule has 2 N–H and O–H groups in total. The van der Waals surface area contributed by atoms with Crippen LogP contribution < -0.4 is 5.32 Å². The number of halogens is 2. The average molecular weight is 533 g/mol. The van der Waals surface area contributed by atoms with E-state index in [4.69, 9.17) is 4.99 Å². The number of rotatable bonds is 4. The molecule has 0 unspecified atom stereocenters. The molecule has 0 amide bonds. The van der Waals surface area contributed by atoms with Crippen LogP contribution in [-0.2, 0) is 6.54 Å². The van der Waals surface area contributed by atoms with Crippen molar-refractivity contribution in [2.75, 3.05) is 19.6 Å². The summed E-state index contributed by atoms with van der Waals surface area (Å²) in [6.07, 6.45) is 3.72. The first-order valence-corrected chi connectivity index (χ1v) is 9.60. The summed E-state index contributed by atoms with van der Waals surface area (Å²) < 4.78 is 1.11. The third-order valence-electron chi connectivity index (χ3n) is 4.65. The van der Waals surface area contributed by atoms with E-state index in [0.29, 0.717) is 12.5 Å². The van der Waals surface area contributed by atoms with Gasteiger partial charge in [-0.25, -0.2) is 9.98 Å². The van der Waals surface area contributed by atoms with Gasteiger partial charge in [0, 0.05) is 30.0 Å². The number of benzene rings is 1. The van der Waals surface area contributed by atoms with Crippen LogP contribution in [0.3, 0.4) is 0 Å². The number of aliphatic imine (C=N–C) groups is 1. The highest BCUT2D eigenvalue weighted by molar-refractivity contribution is 14.0. The summed E-state index contributed by atoms with van der Waals surface area (Å²) in [6.45, 7) is 7.78. The van der Waals surface area contributed by atoms with Crippen LogP contribution in [0.1, 0.15) is 42.6 Å². The molecule has 2 heterocycles. The third-order valence-corrected chi connectivity index (χ3v) is 5.15. The Kier molecular flexibility index (Phi) is 8.33. The molecule has 1 aromatic heterocycles. The van der Waals surface area contributed by atoms with Crippen LogP contribution in [0, 0.1) is 6.92 Å². The Morgan fingerprint density at radius 3 is 2.77 bits per heavy atom. The Morgan fingerprint density at radius 2 is 2.15 bits per heavy atom. The lowest BCUT2D eigenvalue weighted by atomic mass is 9.96. The molecule has 0 saturated carbocycles. The van der Waals surface area contributed by atoms with Gasteiger partial charge in [0.1, 0.15) is 12.2 Å². The number of guanidine groups is 1. The van der Waals surface area contributed by atoms with E-state index in [-0.39, 0.29) is 24.0 Å². The quantitative estimate of drug-likeness (QED) is 0.356. The van der Waals surface area contributed by atoms with Crippen LogP contribution in [0.15, 0.2) is 34.0 Å². The highest BCUT2D eigenvalue weighted by Crippen LogP contribution is 2.25. The van der Waals surface area contributed by atoms with E-state index >= 15 is 0 Å². The molecule has 6 nitrogen and oxygen atoms in total. The second-order valence-electron chi connectivity index (χ2n) is 6.37. The molecule has 142 valence electrons. The van der Waals surface area contributed by atoms with Crippen molar-refractivity contribution in [3.63, 3.8) is 0 Å². The second-order valence-corrected chi connectivity index (χ2v) is 7.29. The van der Waals surface area contributed by atoms with Crippen LogP contribution in [0.25, 0.3) is 0 Å². The summed E-state index contributed by atoms with van der Waals surface area (Å²) in [7, 11) is 0. The summed E-state index contributed by atoms with van der Waals surface area (Å²) in [5, 5.41) is 10.4. The van der Waals surface area contributed by atoms with Gasteiger partial charge in [0.15, 0.2) is 5.96 Å². The number of piperidine rings is 1. The minimum absolute atomic E-state index is 0. The molecule has 3 rings (SSSR count). The third kappa shape index (κ3) is 5.42. The van der Waals surface area contributed by atoms with E-state index < -0.39 is 0 Å². The molecule has 0 radical (unpaired) electrons. The van der Waals surface area contributed by atoms with Gasteiger partial charge >= 0.3 is 0 Å². The number of aryl methyl sites for hydroxylation is 1. The lowest BCUT2D eigenvalue weighted by Gasteiger charge is -2.33. The Labute approximate surface area is 180 Å². The molecule has 0 bridgehead atoms. The van der Waals surface area contributed by atoms with Crippen LogP contribution in [0.2, 0.25) is 0 Å². The monoisotopic (exact) mass is 532 g/mol. The fourth-order valence-corrected chi connectivity index (χ4v) is 3.67. The van der Waals surface area contributed by atoms with E-state index in [9.17, 15) is 0 Å². The summed E-state index contributed by atoms with van der Waals surface area (Å²) in [4.78, 5) is 11.5. The molecule has 1 aliphatic heterocycles. The minimum Gasteiger partial charge on any atom is -0.357 e. The van der Waals surface area contributed by atoms with E-state index in [0.717, 1.165) is 48.7 Å². The molecular formula is C18H26BrIN6. The van der Waals surface area contributed by atoms with Crippen molar-refractivity contribution in [2.24, 2.45) is 4.99 Å². The standard InChI is InChI=1S/C18H25BrN6.HI/c1-3-20-18(21-11-15-4-5-16(19)10-13(15)2)25-8-6-14(7-9-25)17-22-12-23-24-17;/h4-5,10,12,14H,3,6-9,11H2,1-2H3,(H,20,21)(H,22,23,24);1H. The number of likely N-dealkylation sites (tertiary alicyclic amines) is 1. The maximum absolute atomic E-state index is 4.87. The van der Waals surface area contributed by atoms with Gasteiger partial charge in [-0.15, -0.1) is 24.0 Å². The van der Waals surface area contributed by atoms with Crippen LogP contribution in [0.4, 0.5) is 0 Å². The molecule has 0 aliphatic carbocycles. The van der Waals surface area contributed by atoms with Gasteiger partial charge in [0.2, 0.25) is 0 Å². The summed E-state index contributed by atoms with van der Waals surface area (Å²) >= 11 is 3.52. The smallest absolute Gasteiger partial charge is 0.194 e. The van der Waals surface area contributed by atoms with Gasteiger partial charge in [-0.1, -0.05) is 22.0 Å². The molecule has 0 atom stereocenters. The molecule has 1 saturated heterocycles. The number of nitrogens with zero attached hydrogens (tertiary/aromatic N) is 4. The number of hydrogen-bond donors (Lipinski definition) is 2. The van der Waals surface area contributed by atoms with Gasteiger partial charge < -0.3 is 10.2 Å². The van der Waals surface area contributed by atoms with Gasteiger partial charge in [-0.05, 0) is 49.9 Å². The first-order valence-electron chi connectivity index (χ1n) is 8.81. The maximum Gasteiger partial charge on any atom is 0.194 e. The van der Waals surface area contributed by atoms with Crippen LogP contribution in [-0.4, -0.2) is 45.7 Å². The molecular weight excluding hydrogens is 507 g/mol. The molecule has 1 fully saturated rings. The van der Waals surface area contributed by atoms with E-state index in [2.05, 4.69) is 73.4 Å². The zero-order valence-corrected chi connectivity index (χ0v) is 19.1. The normalized spacial score (nSPS) is 15.7. The molecule has 1 aliphatic rings. The minimum atomic E-state index is 0. The lowest BCUT2D eigenvalue weighted by Crippen LogP contribution is -2.45. The SMILES string of the molecule is CCNC(=NCc1ccc(Br)cc1C)N1CCC(c2ncn[nH]2)CC1.I. The first-order chi connectivity index (χ1) is 12.2. The number of aromatic amines is 1. The fourth-order valence-electron chi connectivity index (χ4n) is 3.20. The zero-order chi connectivity index (χ0) is 17.6. The number of nitrogens with one attached hydrogen (secondary N) is 2. The predicted molar refractivity (Wildman–Crippen MR) is 119 cm³/mol. The van der Waals surface area contributed by atoms with E-state index in [1.807, 2.05) is 0 Å². The predicted octanol–water partition coefficient (Wildman–Crippen LogP) is 3.84. The van der Waals surface area contributed by atoms with Crippen molar-refractivity contribution in [3.8, 4) is 0 Å². The number of aromatic nitrogens is 3. The highest BCUT2D eigenvalue weighted by atomic mass is 127. The molecule has 1 aromatic carbocycles. The van der Waals surface area contributed by atoms with Crippen LogP contribution >= 0.6 is 39.9 Å². The first kappa shape index (κ1) is 21.1. The van der Waals surface area contributed by atoms with Crippen molar-refractivity contribution in [2.45, 2.75) is 39.2 Å². The largest absolute Gasteiger partial charge is 0.357 e. The van der Waals surface area contributed by atoms with Crippen LogP contribution in [0.5, 0.6) is 0 Å². The number of H-pyrrole nitrogens is 1. The topological polar surface area (TPSA) is 69.2 Å². The zero-order valence-electron chi connectivity index (χ0n) is 15.2. The fraction of sp³-hybridized carbons (Fsp3) is 0.500. The average Bonchev–Trinajstić information content (AvgIpc) is 3.15. The molecule has 2 aromatic rings. The number of hydrogen-bond acceptors (Lipinski definition) is 3. The second kappa shape index (κ2) is 10.2. The Hall–Kier alpha value is -1.16. The van der Waals surface area contributed by atoms with E-state index in [1.54, 1.807) is 6.33 Å². The highest BCUT2D eigenvalue weighted by Gasteiger charge is 2.24. The van der Waals surface area contributed by atoms with Crippen molar-refractivity contribution in [1.29, 1.82) is 0 Å². The van der Waals surface area contributed by atoms with Crippen molar-refractivity contribution in [3.05, 3.63) is 46.0 Å². The molecule has 26 heavy (non-hydrogen) atoms. The molecule has 8 heteroatoms. The van der Waals surface area contributed by atoms with Gasteiger partial charge in [-0.3, -0.25) is 5.10 Å². The summed E-state index contributed by atoms with van der Waals surface area (Å²) in [5.74, 6) is 2.48. The van der Waals surface area contributed by atoms with Crippen molar-refractivity contribution < 1.29 is 0 Å². The Bertz CT molecular complexity index is 710. The Balaban J connectivity index is 0.00000243. The summed E-state index contributed by atoms with van der Waals surface area (Å²) in [5.41, 5.74) is 2.52. The van der Waals surface area contributed by atoms with Gasteiger partial charge in [-0.2, -0.15) is 5.10 Å². The van der Waals surface area contributed by atoms with E-state index in [1.165, 1.54) is 11.1 Å². The lowest BCUT2D eigenvalue weighted by molar-refractivity contribution is 0.299. The van der Waals surface area contributed by atoms with Crippen molar-refractivity contribution in [1.82, 2.24) is 25.4 Å². The van der Waals surface area contributed by atoms with Gasteiger partial charge in [0.25, 0.3) is 0 Å².